The molecule has 2 atom stereocenters. The first kappa shape index (κ1) is 15.6. The van der Waals surface area contributed by atoms with Crippen LogP contribution in [0.25, 0.3) is 0 Å². The minimum Gasteiger partial charge on any atom is -0.296 e. The molecule has 0 bridgehead atoms. The SMILES string of the molecule is CSc1ccc(C(=O)CN(C)C2CCCCC2C)cc1. The third-order valence-corrected chi connectivity index (χ3v) is 5.18. The maximum absolute atomic E-state index is 12.4. The number of ketones is 1. The van der Waals surface area contributed by atoms with Crippen molar-refractivity contribution in [3.05, 3.63) is 29.8 Å². The number of rotatable bonds is 5. The zero-order valence-corrected chi connectivity index (χ0v) is 13.6. The number of hydrogen-bond acceptors (Lipinski definition) is 3. The summed E-state index contributed by atoms with van der Waals surface area (Å²) in [5.74, 6) is 0.943. The van der Waals surface area contributed by atoms with Crippen molar-refractivity contribution in [2.45, 2.75) is 43.5 Å². The van der Waals surface area contributed by atoms with Gasteiger partial charge >= 0.3 is 0 Å². The van der Waals surface area contributed by atoms with Crippen LogP contribution in [0.4, 0.5) is 0 Å². The van der Waals surface area contributed by atoms with Gasteiger partial charge in [-0.3, -0.25) is 9.69 Å². The molecule has 110 valence electrons. The molecule has 1 aliphatic rings. The highest BCUT2D eigenvalue weighted by Crippen LogP contribution is 2.27. The predicted octanol–water partition coefficient (Wildman–Crippen LogP) is 4.10. The monoisotopic (exact) mass is 291 g/mol. The Labute approximate surface area is 126 Å². The molecule has 20 heavy (non-hydrogen) atoms. The van der Waals surface area contributed by atoms with Gasteiger partial charge in [-0.15, -0.1) is 11.8 Å². The van der Waals surface area contributed by atoms with E-state index < -0.39 is 0 Å². The summed E-state index contributed by atoms with van der Waals surface area (Å²) in [6.07, 6.45) is 7.22. The van der Waals surface area contributed by atoms with Gasteiger partial charge in [-0.2, -0.15) is 0 Å². The average molecular weight is 291 g/mol. The first-order valence-corrected chi connectivity index (χ1v) is 8.71. The number of hydrogen-bond donors (Lipinski definition) is 0. The van der Waals surface area contributed by atoms with Gasteiger partial charge in [0.05, 0.1) is 6.54 Å². The summed E-state index contributed by atoms with van der Waals surface area (Å²) < 4.78 is 0. The minimum absolute atomic E-state index is 0.234. The summed E-state index contributed by atoms with van der Waals surface area (Å²) in [5.41, 5.74) is 0.832. The van der Waals surface area contributed by atoms with Crippen LogP contribution in [-0.2, 0) is 0 Å². The summed E-state index contributed by atoms with van der Waals surface area (Å²) in [5, 5.41) is 0. The van der Waals surface area contributed by atoms with E-state index in [9.17, 15) is 4.79 Å². The van der Waals surface area contributed by atoms with Crippen molar-refractivity contribution in [1.82, 2.24) is 4.90 Å². The van der Waals surface area contributed by atoms with Crippen LogP contribution >= 0.6 is 11.8 Å². The Kier molecular flexibility index (Phi) is 5.67. The molecule has 1 aromatic carbocycles. The number of nitrogens with zero attached hydrogens (tertiary/aromatic N) is 1. The fourth-order valence-corrected chi connectivity index (χ4v) is 3.57. The molecule has 0 saturated heterocycles. The number of benzene rings is 1. The van der Waals surface area contributed by atoms with Gasteiger partial charge in [0.1, 0.15) is 0 Å². The molecular formula is C17H25NOS. The third-order valence-electron chi connectivity index (χ3n) is 4.44. The highest BCUT2D eigenvalue weighted by molar-refractivity contribution is 7.98. The third kappa shape index (κ3) is 3.86. The lowest BCUT2D eigenvalue weighted by Gasteiger charge is -2.35. The van der Waals surface area contributed by atoms with E-state index in [4.69, 9.17) is 0 Å². The van der Waals surface area contributed by atoms with Crippen molar-refractivity contribution in [2.75, 3.05) is 19.8 Å². The summed E-state index contributed by atoms with van der Waals surface area (Å²) >= 11 is 1.70. The summed E-state index contributed by atoms with van der Waals surface area (Å²) in [7, 11) is 2.10. The number of Topliss-reactive ketones (excluding diaryl/α,β-unsaturated/α-hetero) is 1. The van der Waals surface area contributed by atoms with Crippen molar-refractivity contribution >= 4 is 17.5 Å². The minimum atomic E-state index is 0.234. The predicted molar refractivity (Wildman–Crippen MR) is 86.6 cm³/mol. The largest absolute Gasteiger partial charge is 0.296 e. The van der Waals surface area contributed by atoms with Gasteiger partial charge in [0.15, 0.2) is 5.78 Å². The van der Waals surface area contributed by atoms with Crippen LogP contribution in [0.5, 0.6) is 0 Å². The second-order valence-corrected chi connectivity index (χ2v) is 6.78. The standard InChI is InChI=1S/C17H25NOS/c1-13-6-4-5-7-16(13)18(2)12-17(19)14-8-10-15(20-3)11-9-14/h8-11,13,16H,4-7,12H2,1-3H3. The van der Waals surface area contributed by atoms with E-state index in [1.54, 1.807) is 11.8 Å². The zero-order chi connectivity index (χ0) is 14.5. The molecule has 0 heterocycles. The fourth-order valence-electron chi connectivity index (χ4n) is 3.16. The number of carbonyl (C=O) groups excluding carboxylic acids is 1. The molecule has 0 amide bonds. The summed E-state index contributed by atoms with van der Waals surface area (Å²) in [6.45, 7) is 2.85. The molecule has 2 unspecified atom stereocenters. The Morgan fingerprint density at radius 3 is 2.50 bits per heavy atom. The van der Waals surface area contributed by atoms with Gasteiger partial charge in [-0.05, 0) is 44.2 Å². The second-order valence-electron chi connectivity index (χ2n) is 5.90. The smallest absolute Gasteiger partial charge is 0.176 e. The number of likely N-dealkylation sites (N-methyl/N-ethyl adjacent to an activating group) is 1. The number of carbonyl (C=O) groups is 1. The average Bonchev–Trinajstić information content (AvgIpc) is 2.47. The molecule has 2 rings (SSSR count). The van der Waals surface area contributed by atoms with E-state index in [0.29, 0.717) is 18.5 Å². The highest BCUT2D eigenvalue weighted by Gasteiger charge is 2.26. The molecule has 1 saturated carbocycles. The van der Waals surface area contributed by atoms with E-state index in [1.165, 1.54) is 30.6 Å². The van der Waals surface area contributed by atoms with E-state index in [2.05, 4.69) is 25.1 Å². The fraction of sp³-hybridized carbons (Fsp3) is 0.588. The molecule has 1 fully saturated rings. The van der Waals surface area contributed by atoms with Crippen molar-refractivity contribution in [1.29, 1.82) is 0 Å². The van der Waals surface area contributed by atoms with Crippen molar-refractivity contribution in [3.8, 4) is 0 Å². The lowest BCUT2D eigenvalue weighted by Crippen LogP contribution is -2.41. The Bertz CT molecular complexity index is 443. The summed E-state index contributed by atoms with van der Waals surface area (Å²) in [4.78, 5) is 15.8. The van der Waals surface area contributed by atoms with Gasteiger partial charge in [0.25, 0.3) is 0 Å². The van der Waals surface area contributed by atoms with E-state index in [1.807, 2.05) is 24.3 Å². The molecular weight excluding hydrogens is 266 g/mol. The molecule has 0 aromatic heterocycles. The van der Waals surface area contributed by atoms with Gasteiger partial charge in [0, 0.05) is 16.5 Å². The Morgan fingerprint density at radius 2 is 1.90 bits per heavy atom. The first-order chi connectivity index (χ1) is 9.61. The maximum Gasteiger partial charge on any atom is 0.176 e. The van der Waals surface area contributed by atoms with Gasteiger partial charge < -0.3 is 0 Å². The quantitative estimate of drug-likeness (QED) is 0.602. The first-order valence-electron chi connectivity index (χ1n) is 7.49. The lowest BCUT2D eigenvalue weighted by molar-refractivity contribution is 0.0851. The molecule has 3 heteroatoms. The van der Waals surface area contributed by atoms with E-state index >= 15 is 0 Å². The van der Waals surface area contributed by atoms with Gasteiger partial charge in [-0.25, -0.2) is 0 Å². The maximum atomic E-state index is 12.4. The zero-order valence-electron chi connectivity index (χ0n) is 12.8. The molecule has 1 aromatic rings. The Hall–Kier alpha value is -0.800. The van der Waals surface area contributed by atoms with Crippen LogP contribution < -0.4 is 0 Å². The van der Waals surface area contributed by atoms with Crippen molar-refractivity contribution < 1.29 is 4.79 Å². The van der Waals surface area contributed by atoms with Crippen LogP contribution in [0, 0.1) is 5.92 Å². The normalized spacial score (nSPS) is 23.0. The van der Waals surface area contributed by atoms with Gasteiger partial charge in [-0.1, -0.05) is 31.9 Å². The molecule has 0 spiro atoms. The molecule has 1 aliphatic carbocycles. The molecule has 0 radical (unpaired) electrons. The Morgan fingerprint density at radius 1 is 1.25 bits per heavy atom. The van der Waals surface area contributed by atoms with Gasteiger partial charge in [0.2, 0.25) is 0 Å². The van der Waals surface area contributed by atoms with Crippen molar-refractivity contribution in [3.63, 3.8) is 0 Å². The van der Waals surface area contributed by atoms with Crippen LogP contribution in [-0.4, -0.2) is 36.6 Å². The van der Waals surface area contributed by atoms with Crippen LogP contribution in [0.3, 0.4) is 0 Å². The second kappa shape index (κ2) is 7.28. The highest BCUT2D eigenvalue weighted by atomic mass is 32.2. The van der Waals surface area contributed by atoms with Crippen LogP contribution in [0.2, 0.25) is 0 Å². The van der Waals surface area contributed by atoms with Crippen molar-refractivity contribution in [2.24, 2.45) is 5.92 Å². The molecule has 2 nitrogen and oxygen atoms in total. The Balaban J connectivity index is 1.95. The molecule has 0 aliphatic heterocycles. The van der Waals surface area contributed by atoms with Crippen LogP contribution in [0.1, 0.15) is 43.0 Å². The van der Waals surface area contributed by atoms with Crippen LogP contribution in [0.15, 0.2) is 29.2 Å². The molecule has 0 N–H and O–H groups in total. The van der Waals surface area contributed by atoms with E-state index in [0.717, 1.165) is 5.56 Å². The lowest BCUT2D eigenvalue weighted by atomic mass is 9.85. The summed E-state index contributed by atoms with van der Waals surface area (Å²) in [6, 6.07) is 8.53. The van der Waals surface area contributed by atoms with E-state index in [-0.39, 0.29) is 5.78 Å². The topological polar surface area (TPSA) is 20.3 Å². The number of thioether (sulfide) groups is 1.